The lowest BCUT2D eigenvalue weighted by molar-refractivity contribution is 0.0968. The van der Waals surface area contributed by atoms with Crippen molar-refractivity contribution in [2.75, 3.05) is 6.54 Å². The number of hydrogen-bond acceptors (Lipinski definition) is 3. The van der Waals surface area contributed by atoms with E-state index >= 15 is 0 Å². The van der Waals surface area contributed by atoms with Crippen LogP contribution >= 0.6 is 0 Å². The molecule has 0 amide bonds. The lowest BCUT2D eigenvalue weighted by atomic mass is 9.87. The summed E-state index contributed by atoms with van der Waals surface area (Å²) in [5.74, 6) is 1.31. The molecule has 0 aliphatic rings. The van der Waals surface area contributed by atoms with Gasteiger partial charge >= 0.3 is 0 Å². The van der Waals surface area contributed by atoms with Crippen LogP contribution in [0, 0.1) is 11.8 Å². The fourth-order valence-corrected chi connectivity index (χ4v) is 2.01. The van der Waals surface area contributed by atoms with E-state index in [1.165, 1.54) is 0 Å². The Bertz CT molecular complexity index is 335. The molecule has 0 radical (unpaired) electrons. The minimum atomic E-state index is 0.181. The zero-order chi connectivity index (χ0) is 12.7. The molecule has 3 heteroatoms. The minimum absolute atomic E-state index is 0.181. The van der Waals surface area contributed by atoms with Gasteiger partial charge in [-0.15, -0.1) is 0 Å². The van der Waals surface area contributed by atoms with Crippen LogP contribution in [0.15, 0.2) is 24.5 Å². The molecule has 0 bridgehead atoms. The summed E-state index contributed by atoms with van der Waals surface area (Å²) in [6, 6.07) is 3.62. The topological polar surface area (TPSA) is 56.0 Å². The SMILES string of the molecule is CC(C)C(CCN)CCC(=O)c1cccnc1. The van der Waals surface area contributed by atoms with E-state index < -0.39 is 0 Å². The molecule has 1 aromatic heterocycles. The Morgan fingerprint density at radius 2 is 2.18 bits per heavy atom. The standard InChI is InChI=1S/C14H22N2O/c1-11(2)12(7-8-15)5-6-14(17)13-4-3-9-16-10-13/h3-4,9-12H,5-8,15H2,1-2H3. The van der Waals surface area contributed by atoms with Crippen LogP contribution in [-0.4, -0.2) is 17.3 Å². The lowest BCUT2D eigenvalue weighted by Gasteiger charge is -2.19. The molecule has 94 valence electrons. The predicted molar refractivity (Wildman–Crippen MR) is 69.8 cm³/mol. The third kappa shape index (κ3) is 4.65. The van der Waals surface area contributed by atoms with E-state index in [1.54, 1.807) is 18.5 Å². The Hall–Kier alpha value is -1.22. The predicted octanol–water partition coefficient (Wildman–Crippen LogP) is 2.67. The summed E-state index contributed by atoms with van der Waals surface area (Å²) >= 11 is 0. The van der Waals surface area contributed by atoms with Gasteiger partial charge < -0.3 is 5.73 Å². The van der Waals surface area contributed by atoms with Crippen molar-refractivity contribution >= 4 is 5.78 Å². The first-order valence-electron chi connectivity index (χ1n) is 6.28. The maximum atomic E-state index is 11.9. The molecular formula is C14H22N2O. The highest BCUT2D eigenvalue weighted by Crippen LogP contribution is 2.21. The molecule has 1 rings (SSSR count). The first kappa shape index (κ1) is 13.8. The van der Waals surface area contributed by atoms with Gasteiger partial charge in [-0.25, -0.2) is 0 Å². The van der Waals surface area contributed by atoms with Crippen molar-refractivity contribution in [2.24, 2.45) is 17.6 Å². The first-order chi connectivity index (χ1) is 8.15. The molecule has 3 nitrogen and oxygen atoms in total. The van der Waals surface area contributed by atoms with Gasteiger partial charge in [0.05, 0.1) is 0 Å². The van der Waals surface area contributed by atoms with E-state index in [0.29, 0.717) is 30.4 Å². The second-order valence-electron chi connectivity index (χ2n) is 4.78. The Labute approximate surface area is 103 Å². The number of nitrogens with two attached hydrogens (primary N) is 1. The lowest BCUT2D eigenvalue weighted by Crippen LogP contribution is -2.15. The Morgan fingerprint density at radius 1 is 1.41 bits per heavy atom. The zero-order valence-electron chi connectivity index (χ0n) is 10.7. The molecule has 17 heavy (non-hydrogen) atoms. The second kappa shape index (κ2) is 7.17. The minimum Gasteiger partial charge on any atom is -0.330 e. The molecule has 0 fully saturated rings. The summed E-state index contributed by atoms with van der Waals surface area (Å²) in [5, 5.41) is 0. The smallest absolute Gasteiger partial charge is 0.164 e. The molecule has 0 aliphatic heterocycles. The van der Waals surface area contributed by atoms with Crippen molar-refractivity contribution in [3.63, 3.8) is 0 Å². The van der Waals surface area contributed by atoms with Gasteiger partial charge in [0.15, 0.2) is 5.78 Å². The Balaban J connectivity index is 2.47. The van der Waals surface area contributed by atoms with Crippen molar-refractivity contribution in [3.8, 4) is 0 Å². The van der Waals surface area contributed by atoms with Crippen molar-refractivity contribution in [1.29, 1.82) is 0 Å². The quantitative estimate of drug-likeness (QED) is 0.738. The number of Topliss-reactive ketones (excluding diaryl/α,β-unsaturated/α-hetero) is 1. The van der Waals surface area contributed by atoms with Crippen LogP contribution in [0.3, 0.4) is 0 Å². The molecule has 0 saturated carbocycles. The molecule has 2 N–H and O–H groups in total. The first-order valence-corrected chi connectivity index (χ1v) is 6.28. The van der Waals surface area contributed by atoms with Crippen LogP contribution in [0.4, 0.5) is 0 Å². The molecule has 1 atom stereocenters. The van der Waals surface area contributed by atoms with Gasteiger partial charge in [0.25, 0.3) is 0 Å². The Kier molecular flexibility index (Phi) is 5.84. The summed E-state index contributed by atoms with van der Waals surface area (Å²) in [5.41, 5.74) is 6.30. The normalized spacial score (nSPS) is 12.7. The summed E-state index contributed by atoms with van der Waals surface area (Å²) in [6.45, 7) is 5.08. The van der Waals surface area contributed by atoms with E-state index in [4.69, 9.17) is 5.73 Å². The summed E-state index contributed by atoms with van der Waals surface area (Å²) in [4.78, 5) is 15.9. The third-order valence-corrected chi connectivity index (χ3v) is 3.21. The fraction of sp³-hybridized carbons (Fsp3) is 0.571. The maximum absolute atomic E-state index is 11.9. The largest absolute Gasteiger partial charge is 0.330 e. The number of aromatic nitrogens is 1. The molecule has 0 aliphatic carbocycles. The number of rotatable bonds is 7. The van der Waals surface area contributed by atoms with E-state index in [-0.39, 0.29) is 5.78 Å². The van der Waals surface area contributed by atoms with E-state index in [1.807, 2.05) is 6.07 Å². The molecule has 1 unspecified atom stereocenters. The highest BCUT2D eigenvalue weighted by atomic mass is 16.1. The number of carbonyl (C=O) groups is 1. The number of hydrogen-bond donors (Lipinski definition) is 1. The van der Waals surface area contributed by atoms with Crippen LogP contribution in [0.5, 0.6) is 0 Å². The van der Waals surface area contributed by atoms with E-state index in [0.717, 1.165) is 12.8 Å². The summed E-state index contributed by atoms with van der Waals surface area (Å²) in [7, 11) is 0. The van der Waals surface area contributed by atoms with Gasteiger partial charge in [-0.05, 0) is 43.4 Å². The van der Waals surface area contributed by atoms with Crippen LogP contribution in [0.25, 0.3) is 0 Å². The van der Waals surface area contributed by atoms with Gasteiger partial charge in [0, 0.05) is 24.4 Å². The average Bonchev–Trinajstić information content (AvgIpc) is 2.34. The average molecular weight is 234 g/mol. The third-order valence-electron chi connectivity index (χ3n) is 3.21. The molecule has 0 saturated heterocycles. The molecule has 1 heterocycles. The zero-order valence-corrected chi connectivity index (χ0v) is 10.7. The second-order valence-corrected chi connectivity index (χ2v) is 4.78. The van der Waals surface area contributed by atoms with Gasteiger partial charge in [-0.2, -0.15) is 0 Å². The van der Waals surface area contributed by atoms with Crippen molar-refractivity contribution < 1.29 is 4.79 Å². The van der Waals surface area contributed by atoms with Crippen LogP contribution < -0.4 is 5.73 Å². The molecular weight excluding hydrogens is 212 g/mol. The molecule has 0 aromatic carbocycles. The van der Waals surface area contributed by atoms with Crippen molar-refractivity contribution in [3.05, 3.63) is 30.1 Å². The summed E-state index contributed by atoms with van der Waals surface area (Å²) < 4.78 is 0. The van der Waals surface area contributed by atoms with Gasteiger partial charge in [-0.3, -0.25) is 9.78 Å². The van der Waals surface area contributed by atoms with Gasteiger partial charge in [0.1, 0.15) is 0 Å². The summed E-state index contributed by atoms with van der Waals surface area (Å²) in [6.07, 6.45) is 5.83. The number of nitrogens with zero attached hydrogens (tertiary/aromatic N) is 1. The molecule has 1 aromatic rings. The Morgan fingerprint density at radius 3 is 2.71 bits per heavy atom. The van der Waals surface area contributed by atoms with Gasteiger partial charge in [-0.1, -0.05) is 13.8 Å². The van der Waals surface area contributed by atoms with Gasteiger partial charge in [0.2, 0.25) is 0 Å². The molecule has 0 spiro atoms. The highest BCUT2D eigenvalue weighted by molar-refractivity contribution is 5.95. The van der Waals surface area contributed by atoms with E-state index in [9.17, 15) is 4.79 Å². The van der Waals surface area contributed by atoms with Crippen LogP contribution in [-0.2, 0) is 0 Å². The highest BCUT2D eigenvalue weighted by Gasteiger charge is 2.15. The van der Waals surface area contributed by atoms with Crippen LogP contribution in [0.2, 0.25) is 0 Å². The monoisotopic (exact) mass is 234 g/mol. The number of pyridine rings is 1. The number of ketones is 1. The van der Waals surface area contributed by atoms with Crippen molar-refractivity contribution in [2.45, 2.75) is 33.1 Å². The maximum Gasteiger partial charge on any atom is 0.164 e. The van der Waals surface area contributed by atoms with E-state index in [2.05, 4.69) is 18.8 Å². The van der Waals surface area contributed by atoms with Crippen molar-refractivity contribution in [1.82, 2.24) is 4.98 Å². The number of carbonyl (C=O) groups excluding carboxylic acids is 1. The van der Waals surface area contributed by atoms with Crippen LogP contribution in [0.1, 0.15) is 43.5 Å². The fourth-order valence-electron chi connectivity index (χ4n) is 2.01.